The molecule has 7 heteroatoms. The SMILES string of the molecule is COC(=O)c1c(C)[nH]c(C(=O)OCC(=O)NC2CCCCC2C)c1C. The van der Waals surface area contributed by atoms with Crippen molar-refractivity contribution in [3.05, 3.63) is 22.5 Å². The van der Waals surface area contributed by atoms with E-state index in [-0.39, 0.29) is 24.2 Å². The molecule has 2 rings (SSSR count). The predicted octanol–water partition coefficient (Wildman–Crippen LogP) is 2.27. The number of hydrogen-bond acceptors (Lipinski definition) is 5. The lowest BCUT2D eigenvalue weighted by Gasteiger charge is -2.29. The molecule has 1 aliphatic carbocycles. The number of aryl methyl sites for hydroxylation is 1. The second-order valence-electron chi connectivity index (χ2n) is 6.63. The number of aromatic amines is 1. The molecule has 0 saturated heterocycles. The van der Waals surface area contributed by atoms with Gasteiger partial charge in [-0.1, -0.05) is 19.8 Å². The molecule has 1 fully saturated rings. The molecule has 0 aromatic carbocycles. The number of esters is 2. The topological polar surface area (TPSA) is 97.5 Å². The lowest BCUT2D eigenvalue weighted by molar-refractivity contribution is -0.125. The first-order valence-electron chi connectivity index (χ1n) is 8.59. The third-order valence-corrected chi connectivity index (χ3v) is 4.82. The number of amides is 1. The van der Waals surface area contributed by atoms with Crippen molar-refractivity contribution in [1.29, 1.82) is 0 Å². The molecule has 1 aliphatic rings. The van der Waals surface area contributed by atoms with Crippen molar-refractivity contribution in [2.45, 2.75) is 52.5 Å². The molecule has 1 amide bonds. The van der Waals surface area contributed by atoms with Crippen molar-refractivity contribution < 1.29 is 23.9 Å². The van der Waals surface area contributed by atoms with E-state index in [1.165, 1.54) is 13.5 Å². The lowest BCUT2D eigenvalue weighted by Crippen LogP contribution is -2.42. The number of nitrogens with one attached hydrogen (secondary N) is 2. The monoisotopic (exact) mass is 350 g/mol. The number of carbonyl (C=O) groups is 3. The summed E-state index contributed by atoms with van der Waals surface area (Å²) in [4.78, 5) is 38.8. The maximum absolute atomic E-state index is 12.2. The van der Waals surface area contributed by atoms with Crippen molar-refractivity contribution in [3.8, 4) is 0 Å². The third-order valence-electron chi connectivity index (χ3n) is 4.82. The van der Waals surface area contributed by atoms with E-state index in [0.717, 1.165) is 19.3 Å². The lowest BCUT2D eigenvalue weighted by atomic mass is 9.86. The quantitative estimate of drug-likeness (QED) is 0.794. The Morgan fingerprint density at radius 1 is 1.16 bits per heavy atom. The molecule has 0 radical (unpaired) electrons. The zero-order valence-corrected chi connectivity index (χ0v) is 15.2. The molecular formula is C18H26N2O5. The van der Waals surface area contributed by atoms with Crippen LogP contribution in [0.4, 0.5) is 0 Å². The zero-order valence-electron chi connectivity index (χ0n) is 15.2. The van der Waals surface area contributed by atoms with Gasteiger partial charge in [0, 0.05) is 11.7 Å². The molecule has 25 heavy (non-hydrogen) atoms. The first-order valence-corrected chi connectivity index (χ1v) is 8.59. The van der Waals surface area contributed by atoms with Gasteiger partial charge in [0.05, 0.1) is 12.7 Å². The van der Waals surface area contributed by atoms with Gasteiger partial charge in [-0.2, -0.15) is 0 Å². The summed E-state index contributed by atoms with van der Waals surface area (Å²) in [5.41, 5.74) is 1.46. The smallest absolute Gasteiger partial charge is 0.355 e. The van der Waals surface area contributed by atoms with Gasteiger partial charge in [-0.3, -0.25) is 4.79 Å². The highest BCUT2D eigenvalue weighted by Crippen LogP contribution is 2.23. The fraction of sp³-hybridized carbons (Fsp3) is 0.611. The Morgan fingerprint density at radius 2 is 1.84 bits per heavy atom. The van der Waals surface area contributed by atoms with Crippen molar-refractivity contribution in [2.24, 2.45) is 5.92 Å². The zero-order chi connectivity index (χ0) is 18.6. The van der Waals surface area contributed by atoms with Crippen LogP contribution in [0.1, 0.15) is 64.7 Å². The highest BCUT2D eigenvalue weighted by molar-refractivity contribution is 5.99. The van der Waals surface area contributed by atoms with Crippen LogP contribution in [0.3, 0.4) is 0 Å². The molecule has 1 saturated carbocycles. The molecule has 1 aromatic heterocycles. The number of carbonyl (C=O) groups excluding carboxylic acids is 3. The molecular weight excluding hydrogens is 324 g/mol. The van der Waals surface area contributed by atoms with E-state index in [1.807, 2.05) is 0 Å². The van der Waals surface area contributed by atoms with Crippen LogP contribution in [0.2, 0.25) is 0 Å². The number of rotatable bonds is 5. The van der Waals surface area contributed by atoms with Gasteiger partial charge in [0.15, 0.2) is 6.61 Å². The summed E-state index contributed by atoms with van der Waals surface area (Å²) in [5, 5.41) is 2.93. The van der Waals surface area contributed by atoms with Crippen LogP contribution < -0.4 is 5.32 Å². The molecule has 0 bridgehead atoms. The minimum absolute atomic E-state index is 0.139. The third kappa shape index (κ3) is 4.41. The van der Waals surface area contributed by atoms with E-state index in [0.29, 0.717) is 22.7 Å². The van der Waals surface area contributed by atoms with Crippen molar-refractivity contribution in [1.82, 2.24) is 10.3 Å². The molecule has 1 heterocycles. The Hall–Kier alpha value is -2.31. The summed E-state index contributed by atoms with van der Waals surface area (Å²) in [5.74, 6) is -1.05. The molecule has 7 nitrogen and oxygen atoms in total. The fourth-order valence-corrected chi connectivity index (χ4v) is 3.34. The Labute approximate surface area is 147 Å². The molecule has 1 aromatic rings. The van der Waals surface area contributed by atoms with Gasteiger partial charge in [0.25, 0.3) is 5.91 Å². The standard InChI is InChI=1S/C18H26N2O5/c1-10-7-5-6-8-13(10)20-14(21)9-25-18(23)16-11(2)15(12(3)19-16)17(22)24-4/h10,13,19H,5-9H2,1-4H3,(H,20,21). The highest BCUT2D eigenvalue weighted by atomic mass is 16.5. The summed E-state index contributed by atoms with van der Waals surface area (Å²) in [6, 6.07) is 0.139. The van der Waals surface area contributed by atoms with Gasteiger partial charge in [0.2, 0.25) is 0 Å². The van der Waals surface area contributed by atoms with Crippen LogP contribution in [-0.2, 0) is 14.3 Å². The van der Waals surface area contributed by atoms with E-state index in [1.54, 1.807) is 13.8 Å². The second-order valence-corrected chi connectivity index (χ2v) is 6.63. The minimum Gasteiger partial charge on any atom is -0.465 e. The Balaban J connectivity index is 1.94. The van der Waals surface area contributed by atoms with Crippen LogP contribution >= 0.6 is 0 Å². The second kappa shape index (κ2) is 8.18. The maximum Gasteiger partial charge on any atom is 0.355 e. The van der Waals surface area contributed by atoms with Crippen LogP contribution in [0.5, 0.6) is 0 Å². The minimum atomic E-state index is -0.664. The molecule has 138 valence electrons. The van der Waals surface area contributed by atoms with Crippen LogP contribution in [-0.4, -0.2) is 42.6 Å². The molecule has 2 N–H and O–H groups in total. The van der Waals surface area contributed by atoms with Gasteiger partial charge >= 0.3 is 11.9 Å². The van der Waals surface area contributed by atoms with E-state index in [2.05, 4.69) is 17.2 Å². The largest absolute Gasteiger partial charge is 0.465 e. The van der Waals surface area contributed by atoms with Gasteiger partial charge in [-0.25, -0.2) is 9.59 Å². The average molecular weight is 350 g/mol. The Morgan fingerprint density at radius 3 is 2.48 bits per heavy atom. The first-order chi connectivity index (χ1) is 11.8. The summed E-state index contributed by atoms with van der Waals surface area (Å²) in [7, 11) is 1.28. The summed E-state index contributed by atoms with van der Waals surface area (Å²) < 4.78 is 9.80. The summed E-state index contributed by atoms with van der Waals surface area (Å²) >= 11 is 0. The van der Waals surface area contributed by atoms with Gasteiger partial charge < -0.3 is 19.8 Å². The highest BCUT2D eigenvalue weighted by Gasteiger charge is 2.25. The predicted molar refractivity (Wildman–Crippen MR) is 91.5 cm³/mol. The molecule has 0 spiro atoms. The van der Waals surface area contributed by atoms with Gasteiger partial charge in [0.1, 0.15) is 5.69 Å². The van der Waals surface area contributed by atoms with Crippen molar-refractivity contribution in [2.75, 3.05) is 13.7 Å². The van der Waals surface area contributed by atoms with Crippen molar-refractivity contribution in [3.63, 3.8) is 0 Å². The molecule has 0 aliphatic heterocycles. The van der Waals surface area contributed by atoms with Crippen LogP contribution in [0.25, 0.3) is 0 Å². The van der Waals surface area contributed by atoms with Crippen molar-refractivity contribution >= 4 is 17.8 Å². The average Bonchev–Trinajstić information content (AvgIpc) is 2.88. The number of H-pyrrole nitrogens is 1. The molecule has 2 unspecified atom stereocenters. The number of methoxy groups -OCH3 is 1. The normalized spacial score (nSPS) is 20.0. The summed E-state index contributed by atoms with van der Waals surface area (Å²) in [6.45, 7) is 5.09. The number of ether oxygens (including phenoxy) is 2. The molecule has 2 atom stereocenters. The number of aromatic nitrogens is 1. The van der Waals surface area contributed by atoms with Crippen LogP contribution in [0.15, 0.2) is 0 Å². The summed E-state index contributed by atoms with van der Waals surface area (Å²) in [6.07, 6.45) is 4.35. The van der Waals surface area contributed by atoms with E-state index < -0.39 is 11.9 Å². The Kier molecular flexibility index (Phi) is 6.22. The first kappa shape index (κ1) is 19.0. The van der Waals surface area contributed by atoms with Crippen LogP contribution in [0, 0.1) is 19.8 Å². The van der Waals surface area contributed by atoms with Gasteiger partial charge in [-0.15, -0.1) is 0 Å². The fourth-order valence-electron chi connectivity index (χ4n) is 3.34. The van der Waals surface area contributed by atoms with Gasteiger partial charge in [-0.05, 0) is 38.2 Å². The number of hydrogen-bond donors (Lipinski definition) is 2. The maximum atomic E-state index is 12.2. The van der Waals surface area contributed by atoms with E-state index in [4.69, 9.17) is 9.47 Å². The van der Waals surface area contributed by atoms with E-state index >= 15 is 0 Å². The van der Waals surface area contributed by atoms with E-state index in [9.17, 15) is 14.4 Å². The Bertz CT molecular complexity index is 665.